The highest BCUT2D eigenvalue weighted by molar-refractivity contribution is 5.68. The SMILES string of the molecule is CC[C@H](O)[C@H](C)NC(=O)OC(C)(C)C. The monoisotopic (exact) mass is 203 g/mol. The van der Waals surface area contributed by atoms with Gasteiger partial charge in [-0.15, -0.1) is 0 Å². The molecule has 0 aromatic carbocycles. The molecule has 0 rings (SSSR count). The lowest BCUT2D eigenvalue weighted by atomic mass is 10.1. The maximum absolute atomic E-state index is 11.2. The Labute approximate surface area is 85.6 Å². The van der Waals surface area contributed by atoms with Gasteiger partial charge in [0.25, 0.3) is 0 Å². The fourth-order valence-electron chi connectivity index (χ4n) is 0.943. The molecule has 2 atom stereocenters. The van der Waals surface area contributed by atoms with Gasteiger partial charge in [0.2, 0.25) is 0 Å². The number of hydrogen-bond acceptors (Lipinski definition) is 3. The van der Waals surface area contributed by atoms with Gasteiger partial charge in [-0.25, -0.2) is 4.79 Å². The van der Waals surface area contributed by atoms with Crippen molar-refractivity contribution in [3.05, 3.63) is 0 Å². The number of aliphatic hydroxyl groups excluding tert-OH is 1. The number of ether oxygens (including phenoxy) is 1. The molecule has 14 heavy (non-hydrogen) atoms. The molecule has 4 nitrogen and oxygen atoms in total. The fraction of sp³-hybridized carbons (Fsp3) is 0.900. The van der Waals surface area contributed by atoms with Crippen molar-refractivity contribution in [2.75, 3.05) is 0 Å². The van der Waals surface area contributed by atoms with Crippen molar-refractivity contribution in [3.8, 4) is 0 Å². The maximum atomic E-state index is 11.2. The zero-order valence-corrected chi connectivity index (χ0v) is 9.63. The first-order chi connectivity index (χ1) is 6.26. The van der Waals surface area contributed by atoms with Crippen LogP contribution in [-0.2, 0) is 4.74 Å². The largest absolute Gasteiger partial charge is 0.444 e. The molecule has 0 aromatic rings. The molecule has 0 heterocycles. The molecule has 4 heteroatoms. The molecular weight excluding hydrogens is 182 g/mol. The summed E-state index contributed by atoms with van der Waals surface area (Å²) in [4.78, 5) is 11.2. The van der Waals surface area contributed by atoms with Crippen molar-refractivity contribution in [1.82, 2.24) is 5.32 Å². The van der Waals surface area contributed by atoms with Crippen LogP contribution in [0.4, 0.5) is 4.79 Å². The van der Waals surface area contributed by atoms with E-state index in [0.717, 1.165) is 0 Å². The summed E-state index contributed by atoms with van der Waals surface area (Å²) in [5.41, 5.74) is -0.499. The van der Waals surface area contributed by atoms with E-state index in [9.17, 15) is 9.90 Å². The van der Waals surface area contributed by atoms with Crippen LogP contribution in [0.25, 0.3) is 0 Å². The van der Waals surface area contributed by atoms with Gasteiger partial charge in [-0.3, -0.25) is 0 Å². The van der Waals surface area contributed by atoms with E-state index in [2.05, 4.69) is 5.32 Å². The minimum absolute atomic E-state index is 0.283. The third-order valence-electron chi connectivity index (χ3n) is 1.74. The second-order valence-corrected chi connectivity index (χ2v) is 4.41. The summed E-state index contributed by atoms with van der Waals surface area (Å²) in [5.74, 6) is 0. The second kappa shape index (κ2) is 5.20. The van der Waals surface area contributed by atoms with Crippen molar-refractivity contribution in [3.63, 3.8) is 0 Å². The van der Waals surface area contributed by atoms with Crippen LogP contribution in [0, 0.1) is 0 Å². The molecule has 0 aliphatic heterocycles. The molecular formula is C10H21NO3. The number of amides is 1. The minimum atomic E-state index is -0.525. The van der Waals surface area contributed by atoms with E-state index in [4.69, 9.17) is 4.74 Å². The Kier molecular flexibility index (Phi) is 4.91. The summed E-state index contributed by atoms with van der Waals surface area (Å²) < 4.78 is 5.04. The van der Waals surface area contributed by atoms with Gasteiger partial charge in [-0.2, -0.15) is 0 Å². The van der Waals surface area contributed by atoms with Gasteiger partial charge in [-0.1, -0.05) is 6.92 Å². The zero-order chi connectivity index (χ0) is 11.4. The number of carbonyl (C=O) groups is 1. The molecule has 0 saturated heterocycles. The second-order valence-electron chi connectivity index (χ2n) is 4.41. The van der Waals surface area contributed by atoms with Crippen LogP contribution >= 0.6 is 0 Å². The van der Waals surface area contributed by atoms with Gasteiger partial charge in [0.1, 0.15) is 5.60 Å². The molecule has 0 aliphatic carbocycles. The number of hydrogen-bond donors (Lipinski definition) is 2. The van der Waals surface area contributed by atoms with E-state index in [-0.39, 0.29) is 6.04 Å². The van der Waals surface area contributed by atoms with E-state index in [0.29, 0.717) is 6.42 Å². The Morgan fingerprint density at radius 3 is 2.36 bits per heavy atom. The van der Waals surface area contributed by atoms with Gasteiger partial charge >= 0.3 is 6.09 Å². The highest BCUT2D eigenvalue weighted by atomic mass is 16.6. The van der Waals surface area contributed by atoms with Gasteiger partial charge in [0.05, 0.1) is 12.1 Å². The molecule has 0 radical (unpaired) electrons. The third-order valence-corrected chi connectivity index (χ3v) is 1.74. The topological polar surface area (TPSA) is 58.6 Å². The summed E-state index contributed by atoms with van der Waals surface area (Å²) in [6.07, 6.45) is -0.406. The lowest BCUT2D eigenvalue weighted by molar-refractivity contribution is 0.0433. The highest BCUT2D eigenvalue weighted by Gasteiger charge is 2.20. The minimum Gasteiger partial charge on any atom is -0.444 e. The normalized spacial score (nSPS) is 15.9. The first kappa shape index (κ1) is 13.2. The lowest BCUT2D eigenvalue weighted by Crippen LogP contribution is -2.43. The molecule has 0 spiro atoms. The molecule has 0 saturated carbocycles. The molecule has 0 fully saturated rings. The van der Waals surface area contributed by atoms with Gasteiger partial charge in [0, 0.05) is 0 Å². The van der Waals surface area contributed by atoms with Crippen LogP contribution in [0.1, 0.15) is 41.0 Å². The van der Waals surface area contributed by atoms with E-state index in [1.165, 1.54) is 0 Å². The number of aliphatic hydroxyl groups is 1. The molecule has 2 N–H and O–H groups in total. The maximum Gasteiger partial charge on any atom is 0.407 e. The molecule has 0 bridgehead atoms. The molecule has 0 aromatic heterocycles. The Balaban J connectivity index is 3.95. The standard InChI is InChI=1S/C10H21NO3/c1-6-8(12)7(2)11-9(13)14-10(3,4)5/h7-8,12H,6H2,1-5H3,(H,11,13)/t7-,8-/m0/s1. The Morgan fingerprint density at radius 2 is 2.00 bits per heavy atom. The average molecular weight is 203 g/mol. The molecule has 1 amide bonds. The molecule has 0 aliphatic rings. The molecule has 0 unspecified atom stereocenters. The van der Waals surface area contributed by atoms with E-state index >= 15 is 0 Å². The van der Waals surface area contributed by atoms with Crippen molar-refractivity contribution < 1.29 is 14.6 Å². The van der Waals surface area contributed by atoms with Crippen molar-refractivity contribution in [1.29, 1.82) is 0 Å². The van der Waals surface area contributed by atoms with Gasteiger partial charge < -0.3 is 15.2 Å². The lowest BCUT2D eigenvalue weighted by Gasteiger charge is -2.23. The summed E-state index contributed by atoms with van der Waals surface area (Å²) in [7, 11) is 0. The average Bonchev–Trinajstić information content (AvgIpc) is 1.99. The Hall–Kier alpha value is -0.770. The smallest absolute Gasteiger partial charge is 0.407 e. The highest BCUT2D eigenvalue weighted by Crippen LogP contribution is 2.07. The molecule has 84 valence electrons. The fourth-order valence-corrected chi connectivity index (χ4v) is 0.943. The van der Waals surface area contributed by atoms with Crippen molar-refractivity contribution in [2.24, 2.45) is 0 Å². The van der Waals surface area contributed by atoms with Crippen LogP contribution < -0.4 is 5.32 Å². The van der Waals surface area contributed by atoms with Crippen LogP contribution in [0.2, 0.25) is 0 Å². The number of carbonyl (C=O) groups excluding carboxylic acids is 1. The Morgan fingerprint density at radius 1 is 1.50 bits per heavy atom. The van der Waals surface area contributed by atoms with E-state index in [1.54, 1.807) is 27.7 Å². The van der Waals surface area contributed by atoms with Crippen LogP contribution in [-0.4, -0.2) is 28.9 Å². The van der Waals surface area contributed by atoms with Crippen LogP contribution in [0.15, 0.2) is 0 Å². The summed E-state index contributed by atoms with van der Waals surface area (Å²) in [6.45, 7) is 9.00. The first-order valence-electron chi connectivity index (χ1n) is 4.94. The predicted octanol–water partition coefficient (Wildman–Crippen LogP) is 1.67. The van der Waals surface area contributed by atoms with Gasteiger partial charge in [0.15, 0.2) is 0 Å². The number of nitrogens with one attached hydrogen (secondary N) is 1. The number of alkyl carbamates (subject to hydrolysis) is 1. The quantitative estimate of drug-likeness (QED) is 0.733. The van der Waals surface area contributed by atoms with E-state index < -0.39 is 17.8 Å². The summed E-state index contributed by atoms with van der Waals surface area (Å²) in [6, 6.07) is -0.283. The zero-order valence-electron chi connectivity index (χ0n) is 9.63. The predicted molar refractivity (Wildman–Crippen MR) is 55.1 cm³/mol. The van der Waals surface area contributed by atoms with Crippen molar-refractivity contribution in [2.45, 2.75) is 58.8 Å². The number of rotatable bonds is 3. The summed E-state index contributed by atoms with van der Waals surface area (Å²) >= 11 is 0. The first-order valence-corrected chi connectivity index (χ1v) is 4.94. The third kappa shape index (κ3) is 5.80. The Bertz CT molecular complexity index is 186. The van der Waals surface area contributed by atoms with Crippen LogP contribution in [0.5, 0.6) is 0 Å². The van der Waals surface area contributed by atoms with Crippen LogP contribution in [0.3, 0.4) is 0 Å². The summed E-state index contributed by atoms with van der Waals surface area (Å²) in [5, 5.41) is 12.0. The van der Waals surface area contributed by atoms with E-state index in [1.807, 2.05) is 6.92 Å². The van der Waals surface area contributed by atoms with Crippen molar-refractivity contribution >= 4 is 6.09 Å². The van der Waals surface area contributed by atoms with Gasteiger partial charge in [-0.05, 0) is 34.1 Å².